The zero-order valence-corrected chi connectivity index (χ0v) is 14.2. The van der Waals surface area contributed by atoms with Gasteiger partial charge in [0.05, 0.1) is 12.0 Å². The summed E-state index contributed by atoms with van der Waals surface area (Å²) >= 11 is 0.804. The second-order valence-electron chi connectivity index (χ2n) is 5.05. The number of hydrogen-bond donors (Lipinski definition) is 1. The van der Waals surface area contributed by atoms with Crippen molar-refractivity contribution in [3.8, 4) is 0 Å². The van der Waals surface area contributed by atoms with Crippen molar-refractivity contribution >= 4 is 32.2 Å². The van der Waals surface area contributed by atoms with E-state index >= 15 is 0 Å². The number of sulfone groups is 1. The molecule has 0 aliphatic heterocycles. The summed E-state index contributed by atoms with van der Waals surface area (Å²) in [6.07, 6.45) is 1.37. The van der Waals surface area contributed by atoms with Crippen LogP contribution in [0, 0.1) is 6.92 Å². The van der Waals surface area contributed by atoms with E-state index in [0.717, 1.165) is 16.9 Å². The van der Waals surface area contributed by atoms with Crippen molar-refractivity contribution in [2.45, 2.75) is 17.0 Å². The zero-order valence-electron chi connectivity index (χ0n) is 12.6. The molecule has 1 aromatic carbocycles. The number of furan rings is 1. The fraction of sp³-hybridized carbons (Fsp3) is 0.133. The standard InChI is InChI=1S/C15H13N3O4S2/c1-10-4-6-11(7-5-10)9-24(20,21)15-18-17-14(23-15)16-13(19)12-3-2-8-22-12/h2-8H,9H2,1H3,(H,16,17,19). The largest absolute Gasteiger partial charge is 0.459 e. The van der Waals surface area contributed by atoms with Crippen molar-refractivity contribution in [2.24, 2.45) is 0 Å². The summed E-state index contributed by atoms with van der Waals surface area (Å²) in [6, 6.07) is 10.3. The maximum Gasteiger partial charge on any atom is 0.293 e. The molecule has 1 amide bonds. The van der Waals surface area contributed by atoms with E-state index < -0.39 is 15.7 Å². The maximum absolute atomic E-state index is 12.4. The molecule has 9 heteroatoms. The Hall–Kier alpha value is -2.52. The van der Waals surface area contributed by atoms with Crippen LogP contribution < -0.4 is 5.32 Å². The van der Waals surface area contributed by atoms with E-state index in [1.54, 1.807) is 18.2 Å². The number of aromatic nitrogens is 2. The molecule has 1 N–H and O–H groups in total. The predicted molar refractivity (Wildman–Crippen MR) is 88.6 cm³/mol. The Morgan fingerprint density at radius 2 is 1.96 bits per heavy atom. The van der Waals surface area contributed by atoms with Crippen LogP contribution >= 0.6 is 11.3 Å². The van der Waals surface area contributed by atoms with Crippen molar-refractivity contribution in [3.63, 3.8) is 0 Å². The minimum absolute atomic E-state index is 0.0962. The van der Waals surface area contributed by atoms with E-state index in [1.807, 2.05) is 19.1 Å². The Morgan fingerprint density at radius 1 is 1.21 bits per heavy atom. The summed E-state index contributed by atoms with van der Waals surface area (Å²) in [5.41, 5.74) is 1.71. The number of nitrogens with one attached hydrogen (secondary N) is 1. The summed E-state index contributed by atoms with van der Waals surface area (Å²) in [5.74, 6) is -0.582. The van der Waals surface area contributed by atoms with Gasteiger partial charge in [0.1, 0.15) is 0 Å². The normalized spacial score (nSPS) is 11.4. The molecule has 0 saturated carbocycles. The number of anilines is 1. The highest BCUT2D eigenvalue weighted by molar-refractivity contribution is 7.92. The van der Waals surface area contributed by atoms with Gasteiger partial charge in [-0.15, -0.1) is 10.2 Å². The quantitative estimate of drug-likeness (QED) is 0.699. The van der Waals surface area contributed by atoms with E-state index in [1.165, 1.54) is 12.3 Å². The van der Waals surface area contributed by atoms with Gasteiger partial charge in [0.15, 0.2) is 5.76 Å². The van der Waals surface area contributed by atoms with Crippen LogP contribution in [0.25, 0.3) is 0 Å². The van der Waals surface area contributed by atoms with E-state index in [0.29, 0.717) is 5.56 Å². The molecule has 0 bridgehead atoms. The van der Waals surface area contributed by atoms with E-state index in [9.17, 15) is 13.2 Å². The van der Waals surface area contributed by atoms with Crippen LogP contribution in [0.1, 0.15) is 21.7 Å². The molecule has 0 spiro atoms. The van der Waals surface area contributed by atoms with Crippen molar-refractivity contribution in [1.29, 1.82) is 0 Å². The number of carbonyl (C=O) groups is 1. The summed E-state index contributed by atoms with van der Waals surface area (Å²) < 4.78 is 29.6. The fourth-order valence-corrected chi connectivity index (χ4v) is 4.23. The SMILES string of the molecule is Cc1ccc(CS(=O)(=O)c2nnc(NC(=O)c3ccco3)s2)cc1. The molecule has 3 aromatic rings. The third-order valence-electron chi connectivity index (χ3n) is 3.12. The van der Waals surface area contributed by atoms with Crippen LogP contribution in [0.3, 0.4) is 0 Å². The van der Waals surface area contributed by atoms with Crippen molar-refractivity contribution in [2.75, 3.05) is 5.32 Å². The highest BCUT2D eigenvalue weighted by atomic mass is 32.2. The molecule has 0 radical (unpaired) electrons. The van der Waals surface area contributed by atoms with Crippen molar-refractivity contribution in [3.05, 3.63) is 59.5 Å². The van der Waals surface area contributed by atoms with Gasteiger partial charge < -0.3 is 4.42 Å². The highest BCUT2D eigenvalue weighted by Crippen LogP contribution is 2.24. The number of hydrogen-bond acceptors (Lipinski definition) is 7. The Labute approximate surface area is 142 Å². The summed E-state index contributed by atoms with van der Waals surface area (Å²) in [5, 5.41) is 9.93. The molecule has 3 rings (SSSR count). The lowest BCUT2D eigenvalue weighted by Gasteiger charge is -2.01. The molecule has 7 nitrogen and oxygen atoms in total. The van der Waals surface area contributed by atoms with Gasteiger partial charge in [-0.3, -0.25) is 10.1 Å². The molecule has 124 valence electrons. The zero-order chi connectivity index (χ0) is 17.2. The molecule has 2 aromatic heterocycles. The number of amides is 1. The second-order valence-corrected chi connectivity index (χ2v) is 8.19. The molecule has 0 fully saturated rings. The van der Waals surface area contributed by atoms with Gasteiger partial charge >= 0.3 is 0 Å². The molecule has 24 heavy (non-hydrogen) atoms. The summed E-state index contributed by atoms with van der Waals surface area (Å²) in [4.78, 5) is 11.8. The van der Waals surface area contributed by atoms with Gasteiger partial charge in [0, 0.05) is 0 Å². The molecule has 0 atom stereocenters. The average Bonchev–Trinajstić information content (AvgIpc) is 3.20. The minimum atomic E-state index is -3.62. The van der Waals surface area contributed by atoms with Gasteiger partial charge in [-0.25, -0.2) is 8.42 Å². The number of benzene rings is 1. The number of rotatable bonds is 5. The maximum atomic E-state index is 12.4. The van der Waals surface area contributed by atoms with Gasteiger partial charge in [0.25, 0.3) is 5.91 Å². The lowest BCUT2D eigenvalue weighted by molar-refractivity contribution is 0.0996. The Morgan fingerprint density at radius 3 is 2.62 bits per heavy atom. The van der Waals surface area contributed by atoms with Gasteiger partial charge in [-0.1, -0.05) is 41.2 Å². The third kappa shape index (κ3) is 3.69. The number of aryl methyl sites for hydroxylation is 1. The first-order chi connectivity index (χ1) is 11.4. The minimum Gasteiger partial charge on any atom is -0.459 e. The van der Waals surface area contributed by atoms with Crippen molar-refractivity contribution in [1.82, 2.24) is 10.2 Å². The van der Waals surface area contributed by atoms with Gasteiger partial charge in [-0.05, 0) is 24.6 Å². The topological polar surface area (TPSA) is 102 Å². The monoisotopic (exact) mass is 363 g/mol. The van der Waals surface area contributed by atoms with E-state index in [4.69, 9.17) is 4.42 Å². The number of nitrogens with zero attached hydrogens (tertiary/aromatic N) is 2. The van der Waals surface area contributed by atoms with Gasteiger partial charge in [0.2, 0.25) is 19.3 Å². The van der Waals surface area contributed by atoms with E-state index in [-0.39, 0.29) is 21.0 Å². The van der Waals surface area contributed by atoms with Crippen LogP contribution in [0.5, 0.6) is 0 Å². The smallest absolute Gasteiger partial charge is 0.293 e. The van der Waals surface area contributed by atoms with Gasteiger partial charge in [-0.2, -0.15) is 0 Å². The summed E-state index contributed by atoms with van der Waals surface area (Å²) in [7, 11) is -3.62. The van der Waals surface area contributed by atoms with E-state index in [2.05, 4.69) is 15.5 Å². The average molecular weight is 363 g/mol. The first-order valence-corrected chi connectivity index (χ1v) is 9.37. The first kappa shape index (κ1) is 16.3. The summed E-state index contributed by atoms with van der Waals surface area (Å²) in [6.45, 7) is 1.93. The Kier molecular flexibility index (Phi) is 4.45. The van der Waals surface area contributed by atoms with Crippen molar-refractivity contribution < 1.29 is 17.6 Å². The molecular formula is C15H13N3O4S2. The highest BCUT2D eigenvalue weighted by Gasteiger charge is 2.22. The molecule has 0 aliphatic carbocycles. The second kappa shape index (κ2) is 6.54. The first-order valence-electron chi connectivity index (χ1n) is 6.91. The Balaban J connectivity index is 1.74. The fourth-order valence-electron chi connectivity index (χ4n) is 1.92. The lowest BCUT2D eigenvalue weighted by atomic mass is 10.2. The molecule has 0 aliphatic rings. The molecule has 2 heterocycles. The third-order valence-corrected chi connectivity index (χ3v) is 6.09. The molecule has 0 saturated heterocycles. The predicted octanol–water partition coefficient (Wildman–Crippen LogP) is 2.67. The van der Waals surface area contributed by atoms with Crippen LogP contribution in [0.2, 0.25) is 0 Å². The van der Waals surface area contributed by atoms with Crippen LogP contribution in [0.4, 0.5) is 5.13 Å². The van der Waals surface area contributed by atoms with Crippen LogP contribution in [-0.4, -0.2) is 24.5 Å². The van der Waals surface area contributed by atoms with Crippen LogP contribution in [-0.2, 0) is 15.6 Å². The number of carbonyl (C=O) groups excluding carboxylic acids is 1. The molecule has 0 unspecified atom stereocenters. The molecular weight excluding hydrogens is 350 g/mol. The lowest BCUT2D eigenvalue weighted by Crippen LogP contribution is -2.10. The van der Waals surface area contributed by atoms with Crippen LogP contribution in [0.15, 0.2) is 51.4 Å². The Bertz CT molecular complexity index is 945.